The maximum atomic E-state index is 6.34. The summed E-state index contributed by atoms with van der Waals surface area (Å²) in [5.41, 5.74) is 1.13. The maximum absolute atomic E-state index is 6.34. The van der Waals surface area contributed by atoms with Crippen LogP contribution in [0.1, 0.15) is 52.0 Å². The number of unbranched alkanes of at least 4 members (excludes halogenated alkanes) is 2. The number of halogens is 1. The summed E-state index contributed by atoms with van der Waals surface area (Å²) in [6.07, 6.45) is 4.66. The molecule has 0 radical (unpaired) electrons. The van der Waals surface area contributed by atoms with Crippen LogP contribution in [-0.2, 0) is 6.54 Å². The lowest BCUT2D eigenvalue weighted by Gasteiger charge is -2.15. The van der Waals surface area contributed by atoms with Gasteiger partial charge in [0, 0.05) is 6.54 Å². The van der Waals surface area contributed by atoms with Crippen LogP contribution < -0.4 is 14.8 Å². The van der Waals surface area contributed by atoms with Gasteiger partial charge in [0.2, 0.25) is 0 Å². The summed E-state index contributed by atoms with van der Waals surface area (Å²) in [4.78, 5) is 0. The van der Waals surface area contributed by atoms with E-state index < -0.39 is 0 Å². The lowest BCUT2D eigenvalue weighted by atomic mass is 10.2. The Kier molecular flexibility index (Phi) is 9.27. The molecule has 0 atom stereocenters. The van der Waals surface area contributed by atoms with Crippen molar-refractivity contribution >= 4 is 11.6 Å². The van der Waals surface area contributed by atoms with Crippen molar-refractivity contribution in [2.24, 2.45) is 0 Å². The van der Waals surface area contributed by atoms with Crippen LogP contribution in [0.5, 0.6) is 11.5 Å². The van der Waals surface area contributed by atoms with Gasteiger partial charge in [-0.15, -0.1) is 0 Å². The quantitative estimate of drug-likeness (QED) is 0.595. The zero-order valence-electron chi connectivity index (χ0n) is 13.5. The van der Waals surface area contributed by atoms with Crippen LogP contribution in [0.3, 0.4) is 0 Å². The van der Waals surface area contributed by atoms with Crippen LogP contribution in [0.25, 0.3) is 0 Å². The zero-order valence-corrected chi connectivity index (χ0v) is 14.3. The van der Waals surface area contributed by atoms with Crippen LogP contribution in [0.2, 0.25) is 5.02 Å². The Bertz CT molecular complexity index is 410. The summed E-state index contributed by atoms with van der Waals surface area (Å²) >= 11 is 6.34. The molecule has 0 aliphatic heterocycles. The van der Waals surface area contributed by atoms with E-state index in [2.05, 4.69) is 19.2 Å². The molecule has 3 nitrogen and oxygen atoms in total. The van der Waals surface area contributed by atoms with E-state index in [0.29, 0.717) is 24.0 Å². The van der Waals surface area contributed by atoms with Crippen molar-refractivity contribution in [3.8, 4) is 11.5 Å². The summed E-state index contributed by atoms with van der Waals surface area (Å²) in [5, 5.41) is 4.07. The van der Waals surface area contributed by atoms with Crippen molar-refractivity contribution in [2.45, 2.75) is 53.0 Å². The minimum atomic E-state index is 0.603. The highest BCUT2D eigenvalue weighted by Crippen LogP contribution is 2.36. The van der Waals surface area contributed by atoms with Crippen LogP contribution in [0, 0.1) is 0 Å². The molecule has 1 aromatic rings. The summed E-state index contributed by atoms with van der Waals surface area (Å²) in [5.74, 6) is 1.40. The molecule has 120 valence electrons. The first-order valence-corrected chi connectivity index (χ1v) is 8.39. The average molecular weight is 314 g/mol. The van der Waals surface area contributed by atoms with E-state index in [1.165, 1.54) is 19.3 Å². The number of hydrogen-bond acceptors (Lipinski definition) is 3. The zero-order chi connectivity index (χ0) is 15.5. The molecule has 1 aromatic carbocycles. The summed E-state index contributed by atoms with van der Waals surface area (Å²) in [6.45, 7) is 9.33. The van der Waals surface area contributed by atoms with Crippen LogP contribution in [0.4, 0.5) is 0 Å². The van der Waals surface area contributed by atoms with Gasteiger partial charge in [-0.25, -0.2) is 0 Å². The maximum Gasteiger partial charge on any atom is 0.179 e. The molecule has 0 heterocycles. The van der Waals surface area contributed by atoms with Crippen molar-refractivity contribution in [3.05, 3.63) is 22.7 Å². The van der Waals surface area contributed by atoms with E-state index in [1.807, 2.05) is 19.1 Å². The highest BCUT2D eigenvalue weighted by Gasteiger charge is 2.12. The molecule has 0 aromatic heterocycles. The third-order valence-corrected chi connectivity index (χ3v) is 3.39. The van der Waals surface area contributed by atoms with Gasteiger partial charge in [-0.1, -0.05) is 38.3 Å². The summed E-state index contributed by atoms with van der Waals surface area (Å²) < 4.78 is 11.4. The topological polar surface area (TPSA) is 30.5 Å². The Labute approximate surface area is 134 Å². The van der Waals surface area contributed by atoms with E-state index in [9.17, 15) is 0 Å². The molecule has 0 bridgehead atoms. The number of benzene rings is 1. The van der Waals surface area contributed by atoms with E-state index in [0.717, 1.165) is 30.8 Å². The van der Waals surface area contributed by atoms with Gasteiger partial charge in [-0.2, -0.15) is 0 Å². The largest absolute Gasteiger partial charge is 0.490 e. The van der Waals surface area contributed by atoms with E-state index in [1.54, 1.807) is 0 Å². The highest BCUT2D eigenvalue weighted by molar-refractivity contribution is 6.32. The second kappa shape index (κ2) is 10.7. The van der Waals surface area contributed by atoms with Gasteiger partial charge in [0.05, 0.1) is 18.2 Å². The summed E-state index contributed by atoms with van der Waals surface area (Å²) in [7, 11) is 0. The van der Waals surface area contributed by atoms with Crippen LogP contribution in [0.15, 0.2) is 12.1 Å². The monoisotopic (exact) mass is 313 g/mol. The Hall–Kier alpha value is -0.930. The Balaban J connectivity index is 2.68. The summed E-state index contributed by atoms with van der Waals surface area (Å²) in [6, 6.07) is 3.98. The lowest BCUT2D eigenvalue weighted by molar-refractivity contribution is 0.277. The van der Waals surface area contributed by atoms with Gasteiger partial charge in [0.25, 0.3) is 0 Å². The number of ether oxygens (including phenoxy) is 2. The van der Waals surface area contributed by atoms with Crippen molar-refractivity contribution in [3.63, 3.8) is 0 Å². The molecule has 1 N–H and O–H groups in total. The third kappa shape index (κ3) is 6.58. The molecular formula is C17H28ClNO2. The second-order valence-corrected chi connectivity index (χ2v) is 5.48. The molecule has 1 rings (SSSR count). The number of rotatable bonds is 11. The SMILES string of the molecule is CCCCCNCc1cc(Cl)c(OCCC)c(OCC)c1. The highest BCUT2D eigenvalue weighted by atomic mass is 35.5. The van der Waals surface area contributed by atoms with E-state index in [-0.39, 0.29) is 0 Å². The molecule has 4 heteroatoms. The van der Waals surface area contributed by atoms with Crippen molar-refractivity contribution < 1.29 is 9.47 Å². The predicted octanol–water partition coefficient (Wildman–Crippen LogP) is 4.81. The fraction of sp³-hybridized carbons (Fsp3) is 0.647. The first-order chi connectivity index (χ1) is 10.2. The van der Waals surface area contributed by atoms with Gasteiger partial charge < -0.3 is 14.8 Å². The van der Waals surface area contributed by atoms with Crippen LogP contribution in [-0.4, -0.2) is 19.8 Å². The molecular weight excluding hydrogens is 286 g/mol. The smallest absolute Gasteiger partial charge is 0.179 e. The van der Waals surface area contributed by atoms with E-state index in [4.69, 9.17) is 21.1 Å². The molecule has 0 amide bonds. The number of nitrogens with one attached hydrogen (secondary N) is 1. The minimum absolute atomic E-state index is 0.603. The molecule has 0 aliphatic carbocycles. The molecule has 0 aliphatic rings. The Morgan fingerprint density at radius 1 is 1.05 bits per heavy atom. The predicted molar refractivity (Wildman–Crippen MR) is 89.6 cm³/mol. The molecule has 21 heavy (non-hydrogen) atoms. The van der Waals surface area contributed by atoms with Crippen molar-refractivity contribution in [1.82, 2.24) is 5.32 Å². The van der Waals surface area contributed by atoms with Gasteiger partial charge in [-0.3, -0.25) is 0 Å². The lowest BCUT2D eigenvalue weighted by Crippen LogP contribution is -2.14. The first kappa shape index (κ1) is 18.1. The van der Waals surface area contributed by atoms with Gasteiger partial charge in [0.15, 0.2) is 11.5 Å². The molecule has 0 fully saturated rings. The normalized spacial score (nSPS) is 10.7. The number of hydrogen-bond donors (Lipinski definition) is 1. The molecule has 0 saturated heterocycles. The fourth-order valence-corrected chi connectivity index (χ4v) is 2.35. The Morgan fingerprint density at radius 3 is 2.52 bits per heavy atom. The molecule has 0 saturated carbocycles. The van der Waals surface area contributed by atoms with Gasteiger partial charge in [-0.05, 0) is 44.0 Å². The fourth-order valence-electron chi connectivity index (χ4n) is 2.06. The van der Waals surface area contributed by atoms with Crippen molar-refractivity contribution in [1.29, 1.82) is 0 Å². The average Bonchev–Trinajstić information content (AvgIpc) is 2.46. The van der Waals surface area contributed by atoms with E-state index >= 15 is 0 Å². The Morgan fingerprint density at radius 2 is 1.86 bits per heavy atom. The third-order valence-electron chi connectivity index (χ3n) is 3.11. The molecule has 0 unspecified atom stereocenters. The van der Waals surface area contributed by atoms with Crippen LogP contribution >= 0.6 is 11.6 Å². The standard InChI is InChI=1S/C17H28ClNO2/c1-4-7-8-9-19-13-14-11-15(18)17(21-10-5-2)16(12-14)20-6-3/h11-12,19H,4-10,13H2,1-3H3. The van der Waals surface area contributed by atoms with Crippen molar-refractivity contribution in [2.75, 3.05) is 19.8 Å². The van der Waals surface area contributed by atoms with Gasteiger partial charge in [0.1, 0.15) is 0 Å². The molecule has 0 spiro atoms. The first-order valence-electron chi connectivity index (χ1n) is 8.01. The second-order valence-electron chi connectivity index (χ2n) is 5.07. The van der Waals surface area contributed by atoms with Gasteiger partial charge >= 0.3 is 0 Å². The minimum Gasteiger partial charge on any atom is -0.490 e.